The van der Waals surface area contributed by atoms with E-state index in [1.54, 1.807) is 12.1 Å². The van der Waals surface area contributed by atoms with Gasteiger partial charge in [-0.1, -0.05) is 24.3 Å². The monoisotopic (exact) mass is 240 g/mol. The quantitative estimate of drug-likeness (QED) is 0.718. The van der Waals surface area contributed by atoms with Crippen LogP contribution in [0.5, 0.6) is 0 Å². The molecule has 0 unspecified atom stereocenters. The maximum Gasteiger partial charge on any atom is 0.261 e. The first kappa shape index (κ1) is 10.5. The van der Waals surface area contributed by atoms with Crippen molar-refractivity contribution in [3.8, 4) is 0 Å². The van der Waals surface area contributed by atoms with E-state index in [0.717, 1.165) is 16.3 Å². The smallest absolute Gasteiger partial charge is 0.207 e. The molecule has 0 radical (unpaired) electrons. The predicted octanol–water partition coefficient (Wildman–Crippen LogP) is 3.08. The van der Waals surface area contributed by atoms with Crippen LogP contribution in [-0.4, -0.2) is 8.42 Å². The molecule has 2 nitrogen and oxygen atoms in total. The van der Waals surface area contributed by atoms with Crippen molar-refractivity contribution < 1.29 is 8.42 Å². The number of hydrogen-bond acceptors (Lipinski definition) is 2. The molecule has 78 valence electrons. The van der Waals surface area contributed by atoms with Gasteiger partial charge in [0, 0.05) is 10.7 Å². The molecule has 0 bridgehead atoms. The molecule has 0 spiro atoms. The third-order valence-corrected chi connectivity index (χ3v) is 3.70. The molecule has 2 rings (SSSR count). The fourth-order valence-electron chi connectivity index (χ4n) is 1.58. The van der Waals surface area contributed by atoms with Crippen molar-refractivity contribution in [3.63, 3.8) is 0 Å². The van der Waals surface area contributed by atoms with Crippen LogP contribution in [0.4, 0.5) is 0 Å². The number of rotatable bonds is 1. The van der Waals surface area contributed by atoms with E-state index in [0.29, 0.717) is 0 Å². The molecule has 0 atom stereocenters. The van der Waals surface area contributed by atoms with E-state index >= 15 is 0 Å². The molecule has 4 heteroatoms. The van der Waals surface area contributed by atoms with Crippen LogP contribution in [0, 0.1) is 6.92 Å². The fraction of sp³-hybridized carbons (Fsp3) is 0.0909. The van der Waals surface area contributed by atoms with Gasteiger partial charge < -0.3 is 0 Å². The van der Waals surface area contributed by atoms with E-state index in [1.165, 1.54) is 6.07 Å². The van der Waals surface area contributed by atoms with Crippen LogP contribution in [0.1, 0.15) is 5.56 Å². The highest BCUT2D eigenvalue weighted by atomic mass is 35.7. The van der Waals surface area contributed by atoms with Crippen LogP contribution in [0.15, 0.2) is 41.3 Å². The van der Waals surface area contributed by atoms with Gasteiger partial charge in [0.2, 0.25) is 0 Å². The normalized spacial score (nSPS) is 11.9. The van der Waals surface area contributed by atoms with Gasteiger partial charge in [-0.05, 0) is 35.4 Å². The summed E-state index contributed by atoms with van der Waals surface area (Å²) in [6, 6.07) is 10.6. The van der Waals surface area contributed by atoms with Gasteiger partial charge in [-0.25, -0.2) is 8.42 Å². The highest BCUT2D eigenvalue weighted by Gasteiger charge is 2.10. The summed E-state index contributed by atoms with van der Waals surface area (Å²) in [6.45, 7) is 1.98. The van der Waals surface area contributed by atoms with Crippen LogP contribution in [-0.2, 0) is 9.05 Å². The number of fused-ring (bicyclic) bond motifs is 1. The molecule has 0 N–H and O–H groups in total. The second kappa shape index (κ2) is 3.51. The Morgan fingerprint density at radius 3 is 2.53 bits per heavy atom. The maximum absolute atomic E-state index is 11.1. The van der Waals surface area contributed by atoms with Crippen molar-refractivity contribution in [3.05, 3.63) is 42.0 Å². The van der Waals surface area contributed by atoms with Gasteiger partial charge >= 0.3 is 0 Å². The molecular weight excluding hydrogens is 232 g/mol. The summed E-state index contributed by atoms with van der Waals surface area (Å²) in [6.07, 6.45) is 0. The summed E-state index contributed by atoms with van der Waals surface area (Å²) in [5.74, 6) is 0. The third kappa shape index (κ3) is 1.98. The molecule has 0 fully saturated rings. The maximum atomic E-state index is 11.1. The van der Waals surface area contributed by atoms with Crippen molar-refractivity contribution >= 4 is 30.5 Å². The molecule has 0 saturated carbocycles. The standard InChI is InChI=1S/C11H9ClO2S/c1-8-3-2-4-9-7-10(15(12,13)14)5-6-11(8)9/h2-7H,1H3. The van der Waals surface area contributed by atoms with Crippen molar-refractivity contribution in [2.75, 3.05) is 0 Å². The lowest BCUT2D eigenvalue weighted by atomic mass is 10.1. The van der Waals surface area contributed by atoms with Gasteiger partial charge in [0.1, 0.15) is 0 Å². The molecule has 15 heavy (non-hydrogen) atoms. The Hall–Kier alpha value is -1.06. The average Bonchev–Trinajstić information content (AvgIpc) is 2.16. The number of benzene rings is 2. The number of hydrogen-bond donors (Lipinski definition) is 0. The molecule has 0 aromatic heterocycles. The number of aryl methyl sites for hydroxylation is 1. The Bertz CT molecular complexity index is 618. The highest BCUT2D eigenvalue weighted by Crippen LogP contribution is 2.23. The first-order valence-corrected chi connectivity index (χ1v) is 6.73. The SMILES string of the molecule is Cc1cccc2cc(S(=O)(=O)Cl)ccc12. The van der Waals surface area contributed by atoms with Gasteiger partial charge in [-0.15, -0.1) is 0 Å². The Kier molecular flexibility index (Phi) is 2.44. The molecule has 0 aliphatic rings. The Morgan fingerprint density at radius 1 is 1.13 bits per heavy atom. The summed E-state index contributed by atoms with van der Waals surface area (Å²) in [5.41, 5.74) is 1.12. The fourth-order valence-corrected chi connectivity index (χ4v) is 2.36. The molecule has 0 saturated heterocycles. The average molecular weight is 241 g/mol. The van der Waals surface area contributed by atoms with Crippen molar-refractivity contribution in [1.82, 2.24) is 0 Å². The zero-order valence-electron chi connectivity index (χ0n) is 8.07. The van der Waals surface area contributed by atoms with E-state index in [9.17, 15) is 8.42 Å². The lowest BCUT2D eigenvalue weighted by molar-refractivity contribution is 0.609. The largest absolute Gasteiger partial charge is 0.261 e. The van der Waals surface area contributed by atoms with Crippen LogP contribution < -0.4 is 0 Å². The highest BCUT2D eigenvalue weighted by molar-refractivity contribution is 8.13. The minimum Gasteiger partial charge on any atom is -0.207 e. The second-order valence-electron chi connectivity index (χ2n) is 3.40. The molecule has 0 heterocycles. The zero-order valence-corrected chi connectivity index (χ0v) is 9.64. The lowest BCUT2D eigenvalue weighted by Crippen LogP contribution is -1.90. The van der Waals surface area contributed by atoms with E-state index in [1.807, 2.05) is 25.1 Å². The van der Waals surface area contributed by atoms with Crippen molar-refractivity contribution in [2.24, 2.45) is 0 Å². The Labute approximate surface area is 92.9 Å². The Morgan fingerprint density at radius 2 is 1.87 bits per heavy atom. The summed E-state index contributed by atoms with van der Waals surface area (Å²) >= 11 is 0. The van der Waals surface area contributed by atoms with Crippen molar-refractivity contribution in [2.45, 2.75) is 11.8 Å². The van der Waals surface area contributed by atoms with Gasteiger partial charge in [-0.3, -0.25) is 0 Å². The summed E-state index contributed by atoms with van der Waals surface area (Å²) in [4.78, 5) is 0.141. The van der Waals surface area contributed by atoms with Crippen LogP contribution in [0.3, 0.4) is 0 Å². The van der Waals surface area contributed by atoms with Crippen molar-refractivity contribution in [1.29, 1.82) is 0 Å². The molecule has 2 aromatic carbocycles. The van der Waals surface area contributed by atoms with E-state index in [-0.39, 0.29) is 4.90 Å². The summed E-state index contributed by atoms with van der Waals surface area (Å²) in [7, 11) is 1.64. The van der Waals surface area contributed by atoms with Gasteiger partial charge in [0.15, 0.2) is 0 Å². The minimum absolute atomic E-state index is 0.141. The molecule has 0 amide bonds. The first-order valence-electron chi connectivity index (χ1n) is 4.42. The summed E-state index contributed by atoms with van der Waals surface area (Å²) in [5, 5.41) is 1.93. The topological polar surface area (TPSA) is 34.1 Å². The van der Waals surface area contributed by atoms with Gasteiger partial charge in [0.05, 0.1) is 4.90 Å². The van der Waals surface area contributed by atoms with E-state index < -0.39 is 9.05 Å². The predicted molar refractivity (Wildman–Crippen MR) is 61.7 cm³/mol. The van der Waals surface area contributed by atoms with E-state index in [4.69, 9.17) is 10.7 Å². The van der Waals surface area contributed by atoms with Crippen LogP contribution in [0.2, 0.25) is 0 Å². The minimum atomic E-state index is -3.63. The van der Waals surface area contributed by atoms with E-state index in [2.05, 4.69) is 0 Å². The van der Waals surface area contributed by atoms with Crippen LogP contribution >= 0.6 is 10.7 Å². The number of halogens is 1. The second-order valence-corrected chi connectivity index (χ2v) is 5.96. The lowest BCUT2D eigenvalue weighted by Gasteiger charge is -2.03. The van der Waals surface area contributed by atoms with Gasteiger partial charge in [-0.2, -0.15) is 0 Å². The summed E-state index contributed by atoms with van der Waals surface area (Å²) < 4.78 is 22.3. The van der Waals surface area contributed by atoms with Gasteiger partial charge in [0.25, 0.3) is 9.05 Å². The Balaban J connectivity index is 2.79. The molecule has 0 aliphatic heterocycles. The first-order chi connectivity index (χ1) is 6.98. The van der Waals surface area contributed by atoms with Crippen LogP contribution in [0.25, 0.3) is 10.8 Å². The zero-order chi connectivity index (χ0) is 11.1. The molecule has 2 aromatic rings. The molecule has 0 aliphatic carbocycles. The molecular formula is C11H9ClO2S. The third-order valence-electron chi connectivity index (χ3n) is 2.35.